The number of likely N-dealkylation sites (tertiary alicyclic amines) is 1. The molecule has 1 aliphatic heterocycles. The molecule has 42 heavy (non-hydrogen) atoms. The number of tetrazole rings is 1. The third kappa shape index (κ3) is 5.13. The molecule has 0 saturated carbocycles. The summed E-state index contributed by atoms with van der Waals surface area (Å²) >= 11 is 0. The highest BCUT2D eigenvalue weighted by atomic mass is 16.2. The van der Waals surface area contributed by atoms with Crippen molar-refractivity contribution in [1.29, 1.82) is 0 Å². The predicted molar refractivity (Wildman–Crippen MR) is 156 cm³/mol. The summed E-state index contributed by atoms with van der Waals surface area (Å²) < 4.78 is 1.69. The van der Waals surface area contributed by atoms with Gasteiger partial charge >= 0.3 is 6.17 Å². The number of benzene rings is 2. The van der Waals surface area contributed by atoms with Gasteiger partial charge in [0.15, 0.2) is 5.82 Å². The number of rotatable bonds is 8. The van der Waals surface area contributed by atoms with E-state index in [1.165, 1.54) is 0 Å². The van der Waals surface area contributed by atoms with E-state index in [-0.39, 0.29) is 23.9 Å². The van der Waals surface area contributed by atoms with Crippen LogP contribution in [0.15, 0.2) is 36.4 Å². The summed E-state index contributed by atoms with van der Waals surface area (Å²) in [5, 5.41) is 18.2. The standard InChI is InChI=1S/C31H36N8O3/c1-32-26-8-7-17-39(26)27(40)9-5-6-16-31(30-35-36-37-38(30)4)24-14-12-22(28(41)33-2)18-20(24)10-11-21-19-23(29(42)34-3)13-15-25(21)31/h12-15,18-19,26H,5-11,16-17H2,2-4H3,(H,33,41)(H,34,42)/t26-/m0/s1. The molecule has 0 radical (unpaired) electrons. The van der Waals surface area contributed by atoms with E-state index < -0.39 is 5.41 Å². The number of carbonyl (C=O) groups excluding carboxylic acids is 3. The van der Waals surface area contributed by atoms with Crippen molar-refractivity contribution in [3.63, 3.8) is 0 Å². The van der Waals surface area contributed by atoms with Crippen LogP contribution in [0.25, 0.3) is 4.85 Å². The van der Waals surface area contributed by atoms with Crippen LogP contribution in [0, 0.1) is 6.57 Å². The van der Waals surface area contributed by atoms with Crippen molar-refractivity contribution in [2.75, 3.05) is 20.6 Å². The fraction of sp³-hybridized carbons (Fsp3) is 0.452. The molecule has 1 fully saturated rings. The zero-order valence-corrected chi connectivity index (χ0v) is 24.3. The average Bonchev–Trinajstić information content (AvgIpc) is 3.65. The highest BCUT2D eigenvalue weighted by molar-refractivity contribution is 5.95. The highest BCUT2D eigenvalue weighted by Gasteiger charge is 2.45. The van der Waals surface area contributed by atoms with Gasteiger partial charge in [-0.15, -0.1) is 5.10 Å². The minimum Gasteiger partial charge on any atom is -0.355 e. The lowest BCUT2D eigenvalue weighted by Gasteiger charge is -2.35. The molecule has 1 aromatic heterocycles. The summed E-state index contributed by atoms with van der Waals surface area (Å²) in [5.74, 6) is 0.359. The Labute approximate surface area is 245 Å². The molecule has 0 bridgehead atoms. The molecule has 1 saturated heterocycles. The lowest BCUT2D eigenvalue weighted by molar-refractivity contribution is -0.131. The van der Waals surface area contributed by atoms with E-state index in [4.69, 9.17) is 6.57 Å². The second-order valence-electron chi connectivity index (χ2n) is 11.0. The number of aryl methyl sites for hydroxylation is 3. The maximum Gasteiger partial charge on any atom is 0.300 e. The summed E-state index contributed by atoms with van der Waals surface area (Å²) in [4.78, 5) is 43.5. The molecule has 0 unspecified atom stereocenters. The van der Waals surface area contributed by atoms with Gasteiger partial charge in [-0.25, -0.2) is 11.3 Å². The van der Waals surface area contributed by atoms with Crippen molar-refractivity contribution in [2.45, 2.75) is 62.9 Å². The first-order valence-electron chi connectivity index (χ1n) is 14.4. The molecular formula is C31H36N8O3. The third-order valence-corrected chi connectivity index (χ3v) is 8.66. The van der Waals surface area contributed by atoms with E-state index in [2.05, 4.69) is 31.0 Å². The van der Waals surface area contributed by atoms with Crippen molar-refractivity contribution in [3.05, 3.63) is 87.0 Å². The normalized spacial score (nSPS) is 17.0. The smallest absolute Gasteiger partial charge is 0.300 e. The third-order valence-electron chi connectivity index (χ3n) is 8.66. The van der Waals surface area contributed by atoms with Gasteiger partial charge in [-0.3, -0.25) is 24.1 Å². The molecule has 1 aliphatic carbocycles. The van der Waals surface area contributed by atoms with Crippen molar-refractivity contribution in [2.24, 2.45) is 7.05 Å². The van der Waals surface area contributed by atoms with E-state index in [9.17, 15) is 14.4 Å². The van der Waals surface area contributed by atoms with Gasteiger partial charge in [0.25, 0.3) is 11.8 Å². The number of hydrogen-bond donors (Lipinski definition) is 2. The first-order valence-corrected chi connectivity index (χ1v) is 14.4. The predicted octanol–water partition coefficient (Wildman–Crippen LogP) is 2.79. The number of unbranched alkanes of at least 4 members (excludes halogenated alkanes) is 1. The quantitative estimate of drug-likeness (QED) is 0.318. The van der Waals surface area contributed by atoms with Crippen LogP contribution in [-0.2, 0) is 30.1 Å². The van der Waals surface area contributed by atoms with Gasteiger partial charge in [-0.1, -0.05) is 18.6 Å². The summed E-state index contributed by atoms with van der Waals surface area (Å²) in [6.45, 7) is 8.06. The van der Waals surface area contributed by atoms with E-state index in [0.29, 0.717) is 62.0 Å². The van der Waals surface area contributed by atoms with Crippen LogP contribution in [0.3, 0.4) is 0 Å². The summed E-state index contributed by atoms with van der Waals surface area (Å²) in [6.07, 6.45) is 4.91. The van der Waals surface area contributed by atoms with Crippen LogP contribution >= 0.6 is 0 Å². The Kier molecular flexibility index (Phi) is 8.34. The van der Waals surface area contributed by atoms with Crippen LogP contribution in [0.1, 0.15) is 87.3 Å². The molecule has 3 amide bonds. The lowest BCUT2D eigenvalue weighted by Crippen LogP contribution is -2.35. The Morgan fingerprint density at radius 2 is 1.62 bits per heavy atom. The molecule has 2 heterocycles. The second-order valence-corrected chi connectivity index (χ2v) is 11.0. The Morgan fingerprint density at radius 1 is 1.00 bits per heavy atom. The highest BCUT2D eigenvalue weighted by Crippen LogP contribution is 2.47. The zero-order chi connectivity index (χ0) is 29.9. The lowest BCUT2D eigenvalue weighted by atomic mass is 9.68. The summed E-state index contributed by atoms with van der Waals surface area (Å²) in [5.41, 5.74) is 4.43. The first-order chi connectivity index (χ1) is 20.3. The Bertz CT molecular complexity index is 1490. The maximum atomic E-state index is 13.0. The Hall–Kier alpha value is -4.59. The molecule has 2 aromatic carbocycles. The molecule has 218 valence electrons. The molecule has 2 aliphatic rings. The monoisotopic (exact) mass is 568 g/mol. The molecule has 2 N–H and O–H groups in total. The van der Waals surface area contributed by atoms with E-state index in [0.717, 1.165) is 35.1 Å². The molecule has 5 rings (SSSR count). The number of nitrogens with one attached hydrogen (secondary N) is 2. The Balaban J connectivity index is 1.59. The van der Waals surface area contributed by atoms with Crippen molar-refractivity contribution < 1.29 is 14.4 Å². The first kappa shape index (κ1) is 28.9. The zero-order valence-electron chi connectivity index (χ0n) is 24.3. The fourth-order valence-corrected chi connectivity index (χ4v) is 6.62. The summed E-state index contributed by atoms with van der Waals surface area (Å²) in [7, 11) is 5.05. The minimum absolute atomic E-state index is 0.0231. The fourth-order valence-electron chi connectivity index (χ4n) is 6.62. The van der Waals surface area contributed by atoms with Crippen LogP contribution in [0.5, 0.6) is 0 Å². The van der Waals surface area contributed by atoms with Crippen LogP contribution < -0.4 is 10.6 Å². The van der Waals surface area contributed by atoms with Crippen LogP contribution in [0.4, 0.5) is 0 Å². The topological polar surface area (TPSA) is 126 Å². The van der Waals surface area contributed by atoms with Crippen LogP contribution in [0.2, 0.25) is 0 Å². The molecule has 11 heteroatoms. The van der Waals surface area contributed by atoms with Gasteiger partial charge in [0.2, 0.25) is 5.91 Å². The number of nitrogens with zero attached hydrogens (tertiary/aromatic N) is 6. The average molecular weight is 569 g/mol. The van der Waals surface area contributed by atoms with Gasteiger partial charge < -0.3 is 10.6 Å². The van der Waals surface area contributed by atoms with Crippen molar-refractivity contribution in [3.8, 4) is 0 Å². The van der Waals surface area contributed by atoms with Crippen LogP contribution in [-0.4, -0.2) is 69.6 Å². The van der Waals surface area contributed by atoms with Gasteiger partial charge in [-0.05, 0) is 89.1 Å². The van der Waals surface area contributed by atoms with Gasteiger partial charge in [0.1, 0.15) is 0 Å². The largest absolute Gasteiger partial charge is 0.355 e. The molecular weight excluding hydrogens is 532 g/mol. The second kappa shape index (κ2) is 12.1. The van der Waals surface area contributed by atoms with E-state index >= 15 is 0 Å². The molecule has 0 spiro atoms. The Morgan fingerprint density at radius 3 is 2.14 bits per heavy atom. The number of carbonyl (C=O) groups is 3. The van der Waals surface area contributed by atoms with E-state index in [1.807, 2.05) is 43.4 Å². The van der Waals surface area contributed by atoms with Crippen molar-refractivity contribution in [1.82, 2.24) is 35.7 Å². The number of aromatic nitrogens is 4. The van der Waals surface area contributed by atoms with E-state index in [1.54, 1.807) is 23.7 Å². The van der Waals surface area contributed by atoms with Gasteiger partial charge in [0, 0.05) is 51.7 Å². The molecule has 1 atom stereocenters. The van der Waals surface area contributed by atoms with Crippen molar-refractivity contribution >= 4 is 17.7 Å². The van der Waals surface area contributed by atoms with Gasteiger partial charge in [0.05, 0.1) is 5.41 Å². The minimum atomic E-state index is -0.780. The van der Waals surface area contributed by atoms with Gasteiger partial charge in [-0.2, -0.15) is 0 Å². The maximum absolute atomic E-state index is 13.0. The number of fused-ring (bicyclic) bond motifs is 2. The molecule has 3 aromatic rings. The number of amides is 3. The summed E-state index contributed by atoms with van der Waals surface area (Å²) in [6, 6.07) is 11.6. The molecule has 11 nitrogen and oxygen atoms in total. The number of hydrogen-bond acceptors (Lipinski definition) is 6. The SMILES string of the molecule is [C-]#[N+][C@@H]1CCCN1C(=O)CCCCC1(c2nnnn2C)c2ccc(C(=O)NC)cc2CCc2cc(C(=O)NC)ccc21.